The highest BCUT2D eigenvalue weighted by atomic mass is 16.1. The number of hydrogen-bond acceptors (Lipinski definition) is 6. The van der Waals surface area contributed by atoms with Crippen LogP contribution in [0.2, 0.25) is 0 Å². The normalized spacial score (nSPS) is 17.3. The van der Waals surface area contributed by atoms with Crippen LogP contribution < -0.4 is 15.4 Å². The Kier molecular flexibility index (Phi) is 4.45. The average Bonchev–Trinajstić information content (AvgIpc) is 3.59. The second kappa shape index (κ2) is 7.13. The lowest BCUT2D eigenvalue weighted by Gasteiger charge is -2.36. The first-order valence-corrected chi connectivity index (χ1v) is 10.4. The maximum atomic E-state index is 12.6. The molecule has 5 rings (SSSR count). The van der Waals surface area contributed by atoms with Crippen LogP contribution in [0.15, 0.2) is 41.7 Å². The minimum absolute atomic E-state index is 0.0214. The van der Waals surface area contributed by atoms with Gasteiger partial charge < -0.3 is 9.80 Å². The topological polar surface area (TPSA) is 67.2 Å². The third-order valence-electron chi connectivity index (χ3n) is 5.96. The Morgan fingerprint density at radius 2 is 1.66 bits per heavy atom. The molecule has 0 radical (unpaired) electrons. The van der Waals surface area contributed by atoms with Crippen LogP contribution >= 0.6 is 0 Å². The average molecular weight is 390 g/mol. The number of hydrogen-bond donors (Lipinski definition) is 0. The van der Waals surface area contributed by atoms with Crippen LogP contribution in [0.25, 0.3) is 10.9 Å². The molecule has 0 N–H and O–H groups in total. The Bertz CT molecular complexity index is 1080. The Morgan fingerprint density at radius 3 is 2.31 bits per heavy atom. The van der Waals surface area contributed by atoms with Gasteiger partial charge >= 0.3 is 0 Å². The third-order valence-corrected chi connectivity index (χ3v) is 5.96. The van der Waals surface area contributed by atoms with Gasteiger partial charge in [-0.2, -0.15) is 0 Å². The molecule has 0 unspecified atom stereocenters. The predicted molar refractivity (Wildman–Crippen MR) is 115 cm³/mol. The zero-order valence-electron chi connectivity index (χ0n) is 17.0. The molecule has 0 spiro atoms. The van der Waals surface area contributed by atoms with Gasteiger partial charge in [-0.3, -0.25) is 9.36 Å². The number of nitrogens with zero attached hydrogens (tertiary/aromatic N) is 6. The summed E-state index contributed by atoms with van der Waals surface area (Å²) in [6.07, 6.45) is 8.18. The molecule has 7 heteroatoms. The molecule has 29 heavy (non-hydrogen) atoms. The predicted octanol–water partition coefficient (Wildman–Crippen LogP) is 2.97. The van der Waals surface area contributed by atoms with Crippen molar-refractivity contribution in [3.05, 3.63) is 52.8 Å². The van der Waals surface area contributed by atoms with E-state index < -0.39 is 0 Å². The molecule has 0 bridgehead atoms. The fourth-order valence-electron chi connectivity index (χ4n) is 3.97. The van der Waals surface area contributed by atoms with Crippen LogP contribution in [-0.4, -0.2) is 45.7 Å². The van der Waals surface area contributed by atoms with Crippen molar-refractivity contribution in [2.45, 2.75) is 38.6 Å². The molecular formula is C22H26N6O. The van der Waals surface area contributed by atoms with Crippen molar-refractivity contribution in [2.75, 3.05) is 36.0 Å². The second-order valence-corrected chi connectivity index (χ2v) is 8.32. The number of fused-ring (bicyclic) bond motifs is 1. The van der Waals surface area contributed by atoms with Gasteiger partial charge in [-0.15, -0.1) is 0 Å². The minimum Gasteiger partial charge on any atom is -0.368 e. The number of aromatic nitrogens is 4. The smallest absolute Gasteiger partial charge is 0.261 e. The lowest BCUT2D eigenvalue weighted by atomic mass is 10.2. The molecule has 3 heterocycles. The van der Waals surface area contributed by atoms with Crippen LogP contribution in [-0.2, 0) is 0 Å². The monoisotopic (exact) mass is 390 g/mol. The van der Waals surface area contributed by atoms with Gasteiger partial charge in [0.05, 0.1) is 17.2 Å². The standard InChI is InChI=1S/C22H26N6O/c1-15(2)28-14-25-20-11-18(5-6-19(20)21(28)29)26-7-9-27(10-8-26)22-23-12-17(13-24-22)16-3-4-16/h5-6,11-16H,3-4,7-10H2,1-2H3. The molecule has 1 saturated heterocycles. The molecule has 0 atom stereocenters. The van der Waals surface area contributed by atoms with Crippen LogP contribution in [0.4, 0.5) is 11.6 Å². The molecule has 1 saturated carbocycles. The number of anilines is 2. The summed E-state index contributed by atoms with van der Waals surface area (Å²) >= 11 is 0. The van der Waals surface area contributed by atoms with E-state index in [0.29, 0.717) is 11.3 Å². The summed E-state index contributed by atoms with van der Waals surface area (Å²) in [5.74, 6) is 1.51. The van der Waals surface area contributed by atoms with Crippen molar-refractivity contribution >= 4 is 22.5 Å². The zero-order valence-corrected chi connectivity index (χ0v) is 17.0. The van der Waals surface area contributed by atoms with Gasteiger partial charge in [-0.05, 0) is 56.4 Å². The van der Waals surface area contributed by atoms with Gasteiger partial charge in [0.25, 0.3) is 5.56 Å². The number of benzene rings is 1. The lowest BCUT2D eigenvalue weighted by Crippen LogP contribution is -2.47. The van der Waals surface area contributed by atoms with Gasteiger partial charge in [0.15, 0.2) is 0 Å². The van der Waals surface area contributed by atoms with E-state index in [0.717, 1.165) is 43.3 Å². The van der Waals surface area contributed by atoms with Crippen molar-refractivity contribution in [3.8, 4) is 0 Å². The highest BCUT2D eigenvalue weighted by Crippen LogP contribution is 2.39. The summed E-state index contributed by atoms with van der Waals surface area (Å²) in [4.78, 5) is 30.9. The van der Waals surface area contributed by atoms with E-state index >= 15 is 0 Å². The Hall–Kier alpha value is -2.96. The van der Waals surface area contributed by atoms with Gasteiger partial charge in [-0.1, -0.05) is 0 Å². The zero-order chi connectivity index (χ0) is 20.0. The summed E-state index contributed by atoms with van der Waals surface area (Å²) in [5, 5.41) is 0.674. The van der Waals surface area contributed by atoms with Crippen LogP contribution in [0.5, 0.6) is 0 Å². The second-order valence-electron chi connectivity index (χ2n) is 8.32. The lowest BCUT2D eigenvalue weighted by molar-refractivity contribution is 0.573. The number of rotatable bonds is 4. The van der Waals surface area contributed by atoms with E-state index in [9.17, 15) is 4.79 Å². The van der Waals surface area contributed by atoms with E-state index in [-0.39, 0.29) is 11.6 Å². The fraction of sp³-hybridized carbons (Fsp3) is 0.455. The van der Waals surface area contributed by atoms with Crippen molar-refractivity contribution in [2.24, 2.45) is 0 Å². The third kappa shape index (κ3) is 3.45. The van der Waals surface area contributed by atoms with Crippen molar-refractivity contribution in [1.82, 2.24) is 19.5 Å². The van der Waals surface area contributed by atoms with Crippen LogP contribution in [0.3, 0.4) is 0 Å². The van der Waals surface area contributed by atoms with Gasteiger partial charge in [0.1, 0.15) is 0 Å². The Balaban J connectivity index is 1.30. The van der Waals surface area contributed by atoms with Crippen molar-refractivity contribution < 1.29 is 0 Å². The summed E-state index contributed by atoms with van der Waals surface area (Å²) < 4.78 is 1.68. The molecule has 1 aliphatic carbocycles. The Morgan fingerprint density at radius 1 is 0.966 bits per heavy atom. The molecular weight excluding hydrogens is 364 g/mol. The fourth-order valence-corrected chi connectivity index (χ4v) is 3.97. The van der Waals surface area contributed by atoms with Gasteiger partial charge in [0.2, 0.25) is 5.95 Å². The van der Waals surface area contributed by atoms with Gasteiger partial charge in [0, 0.05) is 50.3 Å². The molecule has 150 valence electrons. The molecule has 3 aromatic rings. The minimum atomic E-state index is 0.0214. The summed E-state index contributed by atoms with van der Waals surface area (Å²) in [6, 6.07) is 6.07. The molecule has 7 nitrogen and oxygen atoms in total. The maximum Gasteiger partial charge on any atom is 0.261 e. The molecule has 1 aromatic carbocycles. The summed E-state index contributed by atoms with van der Waals surface area (Å²) in [7, 11) is 0. The quantitative estimate of drug-likeness (QED) is 0.682. The highest BCUT2D eigenvalue weighted by Gasteiger charge is 2.25. The molecule has 2 aromatic heterocycles. The molecule has 2 fully saturated rings. The van der Waals surface area contributed by atoms with Crippen LogP contribution in [0.1, 0.15) is 44.2 Å². The molecule has 2 aliphatic rings. The first kappa shape index (κ1) is 18.1. The largest absolute Gasteiger partial charge is 0.368 e. The van der Waals surface area contributed by atoms with Crippen LogP contribution in [0, 0.1) is 0 Å². The van der Waals surface area contributed by atoms with E-state index in [1.807, 2.05) is 44.4 Å². The summed E-state index contributed by atoms with van der Waals surface area (Å²) in [6.45, 7) is 7.52. The Labute approximate surface area is 170 Å². The SMILES string of the molecule is CC(C)n1cnc2cc(N3CCN(c4ncc(C5CC5)cn4)CC3)ccc2c1=O. The first-order valence-electron chi connectivity index (χ1n) is 10.4. The molecule has 1 aliphatic heterocycles. The van der Waals surface area contributed by atoms with E-state index in [2.05, 4.69) is 24.8 Å². The van der Waals surface area contributed by atoms with E-state index in [1.54, 1.807) is 10.9 Å². The summed E-state index contributed by atoms with van der Waals surface area (Å²) in [5.41, 5.74) is 3.16. The highest BCUT2D eigenvalue weighted by molar-refractivity contribution is 5.81. The van der Waals surface area contributed by atoms with Gasteiger partial charge in [-0.25, -0.2) is 15.0 Å². The molecule has 0 amide bonds. The van der Waals surface area contributed by atoms with E-state index in [1.165, 1.54) is 18.4 Å². The maximum absolute atomic E-state index is 12.6. The first-order chi connectivity index (χ1) is 14.1. The number of piperazine rings is 1. The van der Waals surface area contributed by atoms with E-state index in [4.69, 9.17) is 0 Å². The van der Waals surface area contributed by atoms with Crippen molar-refractivity contribution in [3.63, 3.8) is 0 Å². The van der Waals surface area contributed by atoms with Crippen molar-refractivity contribution in [1.29, 1.82) is 0 Å².